The first kappa shape index (κ1) is 18.0. The van der Waals surface area contributed by atoms with Gasteiger partial charge >= 0.3 is 0 Å². The van der Waals surface area contributed by atoms with Crippen molar-refractivity contribution < 1.29 is 4.74 Å². The SMILES string of the molecule is Clc1cncc(CN2CCC(CCc3ccccc3)(C3CCCO3)C2)c1. The van der Waals surface area contributed by atoms with Gasteiger partial charge in [0.05, 0.1) is 11.1 Å². The highest BCUT2D eigenvalue weighted by atomic mass is 35.5. The average molecular weight is 371 g/mol. The summed E-state index contributed by atoms with van der Waals surface area (Å²) in [5, 5.41) is 0.719. The third-order valence-electron chi connectivity index (χ3n) is 6.00. The third kappa shape index (κ3) is 4.11. The molecule has 0 saturated carbocycles. The predicted molar refractivity (Wildman–Crippen MR) is 105 cm³/mol. The van der Waals surface area contributed by atoms with E-state index in [-0.39, 0.29) is 5.41 Å². The minimum absolute atomic E-state index is 0.276. The summed E-state index contributed by atoms with van der Waals surface area (Å²) in [7, 11) is 0. The number of ether oxygens (including phenoxy) is 1. The molecule has 2 saturated heterocycles. The molecule has 2 aliphatic heterocycles. The second-order valence-electron chi connectivity index (χ2n) is 7.82. The number of nitrogens with zero attached hydrogens (tertiary/aromatic N) is 2. The maximum atomic E-state index is 6.19. The van der Waals surface area contributed by atoms with E-state index in [0.717, 1.165) is 37.7 Å². The first-order valence-electron chi connectivity index (χ1n) is 9.71. The van der Waals surface area contributed by atoms with Crippen LogP contribution in [0.2, 0.25) is 5.02 Å². The Bertz CT molecular complexity index is 717. The fourth-order valence-electron chi connectivity index (χ4n) is 4.65. The topological polar surface area (TPSA) is 25.4 Å². The Morgan fingerprint density at radius 2 is 2.08 bits per heavy atom. The highest BCUT2D eigenvalue weighted by molar-refractivity contribution is 6.30. The number of rotatable bonds is 6. The van der Waals surface area contributed by atoms with Gasteiger partial charge in [0.25, 0.3) is 0 Å². The molecule has 26 heavy (non-hydrogen) atoms. The zero-order valence-corrected chi connectivity index (χ0v) is 16.0. The van der Waals surface area contributed by atoms with Crippen molar-refractivity contribution >= 4 is 11.6 Å². The molecule has 0 amide bonds. The third-order valence-corrected chi connectivity index (χ3v) is 6.21. The van der Waals surface area contributed by atoms with Crippen LogP contribution in [0.15, 0.2) is 48.8 Å². The molecule has 2 fully saturated rings. The van der Waals surface area contributed by atoms with E-state index >= 15 is 0 Å². The van der Waals surface area contributed by atoms with E-state index in [1.165, 1.54) is 36.8 Å². The number of hydrogen-bond donors (Lipinski definition) is 0. The molecule has 2 atom stereocenters. The van der Waals surface area contributed by atoms with Crippen LogP contribution in [0.25, 0.3) is 0 Å². The Hall–Kier alpha value is -1.42. The Kier molecular flexibility index (Phi) is 5.58. The Labute approximate surface area is 161 Å². The predicted octanol–water partition coefficient (Wildman–Crippen LogP) is 4.74. The van der Waals surface area contributed by atoms with Crippen LogP contribution < -0.4 is 0 Å². The van der Waals surface area contributed by atoms with Gasteiger partial charge in [0.2, 0.25) is 0 Å². The summed E-state index contributed by atoms with van der Waals surface area (Å²) >= 11 is 6.11. The Balaban J connectivity index is 1.45. The number of likely N-dealkylation sites (tertiary alicyclic amines) is 1. The molecule has 4 rings (SSSR count). The van der Waals surface area contributed by atoms with Crippen LogP contribution in [-0.2, 0) is 17.7 Å². The van der Waals surface area contributed by atoms with E-state index < -0.39 is 0 Å². The molecule has 1 aromatic carbocycles. The summed E-state index contributed by atoms with van der Waals surface area (Å²) in [5.41, 5.74) is 2.91. The lowest BCUT2D eigenvalue weighted by Gasteiger charge is -2.35. The van der Waals surface area contributed by atoms with Gasteiger partial charge in [-0.3, -0.25) is 9.88 Å². The fraction of sp³-hybridized carbons (Fsp3) is 0.500. The van der Waals surface area contributed by atoms with E-state index in [1.54, 1.807) is 6.20 Å². The van der Waals surface area contributed by atoms with Crippen LogP contribution in [0.1, 0.15) is 36.8 Å². The van der Waals surface area contributed by atoms with Crippen molar-refractivity contribution in [1.82, 2.24) is 9.88 Å². The number of halogens is 1. The fourth-order valence-corrected chi connectivity index (χ4v) is 4.84. The van der Waals surface area contributed by atoms with Gasteiger partial charge < -0.3 is 4.74 Å². The molecule has 138 valence electrons. The number of aryl methyl sites for hydroxylation is 1. The summed E-state index contributed by atoms with van der Waals surface area (Å²) < 4.78 is 6.19. The minimum atomic E-state index is 0.276. The number of aromatic nitrogens is 1. The molecule has 2 unspecified atom stereocenters. The molecule has 2 aromatic rings. The molecule has 0 spiro atoms. The molecule has 2 aliphatic rings. The van der Waals surface area contributed by atoms with Crippen LogP contribution in [0.4, 0.5) is 0 Å². The van der Waals surface area contributed by atoms with Crippen LogP contribution in [0.5, 0.6) is 0 Å². The molecule has 4 heteroatoms. The van der Waals surface area contributed by atoms with E-state index in [4.69, 9.17) is 16.3 Å². The number of hydrogen-bond acceptors (Lipinski definition) is 3. The van der Waals surface area contributed by atoms with Gasteiger partial charge in [0.15, 0.2) is 0 Å². The summed E-state index contributed by atoms with van der Waals surface area (Å²) in [4.78, 5) is 6.79. The lowest BCUT2D eigenvalue weighted by molar-refractivity contribution is -0.00181. The molecular formula is C22H27ClN2O. The Morgan fingerprint density at radius 3 is 2.85 bits per heavy atom. The van der Waals surface area contributed by atoms with Gasteiger partial charge in [-0.05, 0) is 55.8 Å². The molecular weight excluding hydrogens is 344 g/mol. The van der Waals surface area contributed by atoms with E-state index in [1.807, 2.05) is 12.3 Å². The van der Waals surface area contributed by atoms with Crippen molar-refractivity contribution in [2.75, 3.05) is 19.7 Å². The van der Waals surface area contributed by atoms with Gasteiger partial charge in [0, 0.05) is 37.5 Å². The largest absolute Gasteiger partial charge is 0.378 e. The van der Waals surface area contributed by atoms with Crippen molar-refractivity contribution in [3.8, 4) is 0 Å². The molecule has 0 bridgehead atoms. The lowest BCUT2D eigenvalue weighted by atomic mass is 9.75. The minimum Gasteiger partial charge on any atom is -0.378 e. The molecule has 3 heterocycles. The van der Waals surface area contributed by atoms with Crippen LogP contribution >= 0.6 is 11.6 Å². The molecule has 1 aromatic heterocycles. The number of benzene rings is 1. The monoisotopic (exact) mass is 370 g/mol. The molecule has 0 radical (unpaired) electrons. The lowest BCUT2D eigenvalue weighted by Crippen LogP contribution is -2.38. The molecule has 3 nitrogen and oxygen atoms in total. The normalized spacial score (nSPS) is 26.4. The van der Waals surface area contributed by atoms with Crippen LogP contribution in [-0.4, -0.2) is 35.7 Å². The average Bonchev–Trinajstić information content (AvgIpc) is 3.32. The Morgan fingerprint density at radius 1 is 1.19 bits per heavy atom. The highest BCUT2D eigenvalue weighted by Crippen LogP contribution is 2.44. The quantitative estimate of drug-likeness (QED) is 0.734. The van der Waals surface area contributed by atoms with E-state index in [0.29, 0.717) is 6.10 Å². The van der Waals surface area contributed by atoms with E-state index in [2.05, 4.69) is 40.2 Å². The molecule has 0 N–H and O–H groups in total. The first-order valence-corrected chi connectivity index (χ1v) is 10.1. The maximum Gasteiger partial charge on any atom is 0.0645 e. The van der Waals surface area contributed by atoms with Gasteiger partial charge in [-0.25, -0.2) is 0 Å². The standard InChI is InChI=1S/C22H27ClN2O/c23-20-13-19(14-24-15-20)16-25-11-10-22(17-25,21-7-4-12-26-21)9-8-18-5-2-1-3-6-18/h1-3,5-6,13-15,21H,4,7-12,16-17H2. The first-order chi connectivity index (χ1) is 12.7. The van der Waals surface area contributed by atoms with Crippen molar-refractivity contribution in [1.29, 1.82) is 0 Å². The van der Waals surface area contributed by atoms with Gasteiger partial charge in [-0.1, -0.05) is 41.9 Å². The van der Waals surface area contributed by atoms with Crippen molar-refractivity contribution in [2.45, 2.75) is 44.8 Å². The molecule has 0 aliphatic carbocycles. The van der Waals surface area contributed by atoms with Crippen molar-refractivity contribution in [3.05, 3.63) is 64.9 Å². The summed E-state index contributed by atoms with van der Waals surface area (Å²) in [6.45, 7) is 4.08. The van der Waals surface area contributed by atoms with Gasteiger partial charge in [0.1, 0.15) is 0 Å². The second-order valence-corrected chi connectivity index (χ2v) is 8.26. The zero-order valence-electron chi connectivity index (χ0n) is 15.2. The van der Waals surface area contributed by atoms with Gasteiger partial charge in [-0.15, -0.1) is 0 Å². The van der Waals surface area contributed by atoms with Crippen LogP contribution in [0.3, 0.4) is 0 Å². The maximum absolute atomic E-state index is 6.19. The van der Waals surface area contributed by atoms with Gasteiger partial charge in [-0.2, -0.15) is 0 Å². The van der Waals surface area contributed by atoms with Crippen LogP contribution in [0, 0.1) is 5.41 Å². The second kappa shape index (κ2) is 8.08. The zero-order chi connectivity index (χ0) is 17.8. The van der Waals surface area contributed by atoms with Crippen molar-refractivity contribution in [2.24, 2.45) is 5.41 Å². The summed E-state index contributed by atoms with van der Waals surface area (Å²) in [5.74, 6) is 0. The highest BCUT2D eigenvalue weighted by Gasteiger charge is 2.45. The van der Waals surface area contributed by atoms with Crippen molar-refractivity contribution in [3.63, 3.8) is 0 Å². The number of pyridine rings is 1. The summed E-state index contributed by atoms with van der Waals surface area (Å²) in [6.07, 6.45) is 10.0. The van der Waals surface area contributed by atoms with E-state index in [9.17, 15) is 0 Å². The smallest absolute Gasteiger partial charge is 0.0645 e. The summed E-state index contributed by atoms with van der Waals surface area (Å²) in [6, 6.07) is 12.9.